The number of hydrogen-bond acceptors (Lipinski definition) is 2. The normalized spacial score (nSPS) is 9.43. The number of alkyl halides is 1. The van der Waals surface area contributed by atoms with Gasteiger partial charge in [0.1, 0.15) is 0 Å². The van der Waals surface area contributed by atoms with Gasteiger partial charge in [-0.3, -0.25) is 0 Å². The van der Waals surface area contributed by atoms with E-state index in [-0.39, 0.29) is 0 Å². The highest BCUT2D eigenvalue weighted by atomic mass is 19.1. The second-order valence-electron chi connectivity index (χ2n) is 1.16. The molecule has 0 spiro atoms. The fourth-order valence-electron chi connectivity index (χ4n) is 0.240. The van der Waals surface area contributed by atoms with E-state index in [0.717, 1.165) is 6.42 Å². The maximum absolute atomic E-state index is 11.1. The lowest BCUT2D eigenvalue weighted by molar-refractivity contribution is 0.0575. The van der Waals surface area contributed by atoms with E-state index >= 15 is 0 Å². The zero-order valence-corrected chi connectivity index (χ0v) is 4.19. The van der Waals surface area contributed by atoms with E-state index in [2.05, 4.69) is 4.74 Å². The van der Waals surface area contributed by atoms with Crippen LogP contribution in [0.25, 0.3) is 0 Å². The molecule has 0 rings (SSSR count). The van der Waals surface area contributed by atoms with Crippen LogP contribution in [0.15, 0.2) is 0 Å². The lowest BCUT2D eigenvalue weighted by Crippen LogP contribution is -2.03. The number of rotatable bonds is 4. The summed E-state index contributed by atoms with van der Waals surface area (Å²) in [5, 5.41) is 0. The molecular formula is C4H10FNO. The zero-order chi connectivity index (χ0) is 5.54. The summed E-state index contributed by atoms with van der Waals surface area (Å²) in [6.07, 6.45) is 0.740. The van der Waals surface area contributed by atoms with E-state index in [1.807, 2.05) is 0 Å². The molecule has 2 nitrogen and oxygen atoms in total. The van der Waals surface area contributed by atoms with Gasteiger partial charge in [-0.05, 0) is 13.0 Å². The molecule has 0 aliphatic heterocycles. The largest absolute Gasteiger partial charge is 0.350 e. The van der Waals surface area contributed by atoms with Gasteiger partial charge in [-0.2, -0.15) is 0 Å². The molecule has 0 aliphatic rings. The fraction of sp³-hybridized carbons (Fsp3) is 1.00. The molecular weight excluding hydrogens is 97.0 g/mol. The Labute approximate surface area is 42.5 Å². The molecule has 0 heterocycles. The highest BCUT2D eigenvalue weighted by Crippen LogP contribution is 1.77. The minimum atomic E-state index is -0.694. The topological polar surface area (TPSA) is 35.2 Å². The van der Waals surface area contributed by atoms with Crippen LogP contribution in [0.2, 0.25) is 0 Å². The Morgan fingerprint density at radius 2 is 2.29 bits per heavy atom. The van der Waals surface area contributed by atoms with Gasteiger partial charge in [0, 0.05) is 0 Å². The molecule has 7 heavy (non-hydrogen) atoms. The predicted octanol–water partition coefficient (Wildman–Crippen LogP) is 0.279. The molecule has 44 valence electrons. The van der Waals surface area contributed by atoms with Crippen molar-refractivity contribution in [3.8, 4) is 0 Å². The van der Waals surface area contributed by atoms with Crippen LogP contribution in [0.5, 0.6) is 0 Å². The Kier molecular flexibility index (Phi) is 5.72. The number of halogens is 1. The Morgan fingerprint density at radius 1 is 1.57 bits per heavy atom. The summed E-state index contributed by atoms with van der Waals surface area (Å²) in [5.74, 6) is 0. The number of nitrogens with two attached hydrogens (primary N) is 1. The van der Waals surface area contributed by atoms with Crippen LogP contribution in [0, 0.1) is 0 Å². The smallest absolute Gasteiger partial charge is 0.188 e. The summed E-state index contributed by atoms with van der Waals surface area (Å²) in [7, 11) is 0. The summed E-state index contributed by atoms with van der Waals surface area (Å²) < 4.78 is 15.4. The van der Waals surface area contributed by atoms with Gasteiger partial charge in [0.15, 0.2) is 6.86 Å². The molecule has 0 fully saturated rings. The molecule has 0 saturated carbocycles. The summed E-state index contributed by atoms with van der Waals surface area (Å²) in [6.45, 7) is 0.312. The predicted molar refractivity (Wildman–Crippen MR) is 25.6 cm³/mol. The van der Waals surface area contributed by atoms with Crippen LogP contribution in [-0.2, 0) is 4.74 Å². The van der Waals surface area contributed by atoms with Crippen molar-refractivity contribution >= 4 is 0 Å². The van der Waals surface area contributed by atoms with Crippen LogP contribution < -0.4 is 5.73 Å². The van der Waals surface area contributed by atoms with Gasteiger partial charge in [-0.15, -0.1) is 0 Å². The molecule has 3 heteroatoms. The van der Waals surface area contributed by atoms with E-state index in [0.29, 0.717) is 13.2 Å². The standard InChI is InChI=1S/C4H10FNO/c5-4-7-3-1-2-6/h1-4,6H2. The van der Waals surface area contributed by atoms with Crippen molar-refractivity contribution in [3.05, 3.63) is 0 Å². The van der Waals surface area contributed by atoms with E-state index in [9.17, 15) is 4.39 Å². The number of hydrogen-bond donors (Lipinski definition) is 1. The minimum Gasteiger partial charge on any atom is -0.350 e. The third-order valence-corrected chi connectivity index (χ3v) is 0.570. The maximum Gasteiger partial charge on any atom is 0.188 e. The summed E-state index contributed by atoms with van der Waals surface area (Å²) in [5.41, 5.74) is 5.07. The van der Waals surface area contributed by atoms with Crippen molar-refractivity contribution in [3.63, 3.8) is 0 Å². The molecule has 0 aromatic rings. The summed E-state index contributed by atoms with van der Waals surface area (Å²) >= 11 is 0. The SMILES string of the molecule is NCCCOCF. The summed E-state index contributed by atoms with van der Waals surface area (Å²) in [6, 6.07) is 0. The molecule has 0 saturated heterocycles. The third-order valence-electron chi connectivity index (χ3n) is 0.570. The molecule has 0 unspecified atom stereocenters. The molecule has 0 amide bonds. The van der Waals surface area contributed by atoms with Crippen molar-refractivity contribution in [2.45, 2.75) is 6.42 Å². The average molecular weight is 107 g/mol. The first-order chi connectivity index (χ1) is 3.41. The van der Waals surface area contributed by atoms with Gasteiger partial charge in [0.2, 0.25) is 0 Å². The van der Waals surface area contributed by atoms with Crippen molar-refractivity contribution in [2.75, 3.05) is 20.0 Å². The van der Waals surface area contributed by atoms with Gasteiger partial charge in [0.25, 0.3) is 0 Å². The highest BCUT2D eigenvalue weighted by molar-refractivity contribution is 4.31. The molecule has 0 aliphatic carbocycles. The zero-order valence-electron chi connectivity index (χ0n) is 4.19. The quantitative estimate of drug-likeness (QED) is 0.524. The monoisotopic (exact) mass is 107 g/mol. The minimum absolute atomic E-state index is 0.438. The maximum atomic E-state index is 11.1. The third kappa shape index (κ3) is 5.85. The van der Waals surface area contributed by atoms with E-state index in [4.69, 9.17) is 5.73 Å². The van der Waals surface area contributed by atoms with E-state index in [1.165, 1.54) is 0 Å². The van der Waals surface area contributed by atoms with Gasteiger partial charge >= 0.3 is 0 Å². The van der Waals surface area contributed by atoms with Crippen LogP contribution in [0.3, 0.4) is 0 Å². The van der Waals surface area contributed by atoms with Crippen molar-refractivity contribution in [2.24, 2.45) is 5.73 Å². The Hall–Kier alpha value is -0.150. The Morgan fingerprint density at radius 3 is 2.71 bits per heavy atom. The average Bonchev–Trinajstić information content (AvgIpc) is 1.69. The molecule has 0 radical (unpaired) electrons. The highest BCUT2D eigenvalue weighted by Gasteiger charge is 1.80. The van der Waals surface area contributed by atoms with Gasteiger partial charge < -0.3 is 10.5 Å². The molecule has 0 aromatic heterocycles. The molecule has 2 N–H and O–H groups in total. The lowest BCUT2D eigenvalue weighted by atomic mass is 10.5. The second kappa shape index (κ2) is 5.85. The van der Waals surface area contributed by atoms with Crippen molar-refractivity contribution < 1.29 is 9.13 Å². The van der Waals surface area contributed by atoms with Crippen molar-refractivity contribution in [1.82, 2.24) is 0 Å². The van der Waals surface area contributed by atoms with Crippen LogP contribution in [0.1, 0.15) is 6.42 Å². The van der Waals surface area contributed by atoms with Crippen LogP contribution in [0.4, 0.5) is 4.39 Å². The Bertz CT molecular complexity index is 30.9. The van der Waals surface area contributed by atoms with E-state index < -0.39 is 6.86 Å². The first-order valence-electron chi connectivity index (χ1n) is 2.25. The molecule has 0 aromatic carbocycles. The van der Waals surface area contributed by atoms with Gasteiger partial charge in [0.05, 0.1) is 6.61 Å². The van der Waals surface area contributed by atoms with Gasteiger partial charge in [-0.25, -0.2) is 4.39 Å². The number of ether oxygens (including phenoxy) is 1. The first-order valence-corrected chi connectivity index (χ1v) is 2.25. The van der Waals surface area contributed by atoms with Crippen molar-refractivity contribution in [1.29, 1.82) is 0 Å². The first kappa shape index (κ1) is 6.85. The van der Waals surface area contributed by atoms with Crippen LogP contribution >= 0.6 is 0 Å². The van der Waals surface area contributed by atoms with Gasteiger partial charge in [-0.1, -0.05) is 0 Å². The summed E-state index contributed by atoms with van der Waals surface area (Å²) in [4.78, 5) is 0. The van der Waals surface area contributed by atoms with E-state index in [1.54, 1.807) is 0 Å². The second-order valence-corrected chi connectivity index (χ2v) is 1.16. The fourth-order valence-corrected chi connectivity index (χ4v) is 0.240. The molecule has 0 bridgehead atoms. The molecule has 0 atom stereocenters. The lowest BCUT2D eigenvalue weighted by Gasteiger charge is -1.92. The van der Waals surface area contributed by atoms with Crippen LogP contribution in [-0.4, -0.2) is 20.0 Å². The Balaban J connectivity index is 2.45.